The van der Waals surface area contributed by atoms with Crippen LogP contribution in [0.2, 0.25) is 0 Å². The Morgan fingerprint density at radius 1 is 1.33 bits per heavy atom. The van der Waals surface area contributed by atoms with Gasteiger partial charge in [0.05, 0.1) is 6.54 Å². The second-order valence-electron chi connectivity index (χ2n) is 4.12. The lowest BCUT2D eigenvalue weighted by Gasteiger charge is -2.30. The van der Waals surface area contributed by atoms with E-state index in [0.29, 0.717) is 12.5 Å². The van der Waals surface area contributed by atoms with Crippen LogP contribution in [0.15, 0.2) is 0 Å². The minimum absolute atomic E-state index is 0.250. The number of primary amides is 1. The number of nitrogens with two attached hydrogens (primary N) is 1. The largest absolute Gasteiger partial charge is 0.481 e. The summed E-state index contributed by atoms with van der Waals surface area (Å²) in [7, 11) is 0. The summed E-state index contributed by atoms with van der Waals surface area (Å²) < 4.78 is 0. The quantitative estimate of drug-likeness (QED) is 0.677. The zero-order chi connectivity index (χ0) is 11.3. The van der Waals surface area contributed by atoms with Crippen LogP contribution in [-0.4, -0.2) is 41.5 Å². The molecule has 0 saturated carbocycles. The highest BCUT2D eigenvalue weighted by Crippen LogP contribution is 2.21. The van der Waals surface area contributed by atoms with Crippen LogP contribution >= 0.6 is 0 Å². The number of hydrogen-bond acceptors (Lipinski definition) is 3. The molecule has 1 aliphatic heterocycles. The molecule has 0 spiro atoms. The third-order valence-electron chi connectivity index (χ3n) is 2.85. The minimum atomic E-state index is -0.727. The number of carbonyl (C=O) groups excluding carboxylic acids is 1. The number of aliphatic carboxylic acids is 1. The number of likely N-dealkylation sites (tertiary alicyclic amines) is 1. The maximum atomic E-state index is 10.7. The smallest absolute Gasteiger partial charge is 0.303 e. The molecular formula is C10H18N2O3. The van der Waals surface area contributed by atoms with Gasteiger partial charge in [0.25, 0.3) is 0 Å². The van der Waals surface area contributed by atoms with Gasteiger partial charge in [0.15, 0.2) is 0 Å². The molecule has 15 heavy (non-hydrogen) atoms. The minimum Gasteiger partial charge on any atom is -0.481 e. The molecule has 0 aromatic carbocycles. The van der Waals surface area contributed by atoms with Crippen molar-refractivity contribution in [2.75, 3.05) is 19.6 Å². The Morgan fingerprint density at radius 3 is 2.40 bits per heavy atom. The van der Waals surface area contributed by atoms with Crippen LogP contribution in [0.4, 0.5) is 0 Å². The fourth-order valence-electron chi connectivity index (χ4n) is 1.98. The Morgan fingerprint density at radius 2 is 1.93 bits per heavy atom. The van der Waals surface area contributed by atoms with Gasteiger partial charge in [-0.25, -0.2) is 0 Å². The van der Waals surface area contributed by atoms with E-state index in [-0.39, 0.29) is 12.3 Å². The van der Waals surface area contributed by atoms with Crippen molar-refractivity contribution in [1.29, 1.82) is 0 Å². The van der Waals surface area contributed by atoms with Gasteiger partial charge in [-0.05, 0) is 38.3 Å². The molecule has 0 atom stereocenters. The van der Waals surface area contributed by atoms with E-state index in [1.807, 2.05) is 4.90 Å². The molecule has 0 aliphatic carbocycles. The Balaban J connectivity index is 2.18. The van der Waals surface area contributed by atoms with Crippen LogP contribution in [0, 0.1) is 5.92 Å². The summed E-state index contributed by atoms with van der Waals surface area (Å²) in [5.74, 6) is -0.529. The third kappa shape index (κ3) is 4.78. The van der Waals surface area contributed by atoms with Crippen molar-refractivity contribution >= 4 is 11.9 Å². The van der Waals surface area contributed by atoms with Gasteiger partial charge >= 0.3 is 5.97 Å². The van der Waals surface area contributed by atoms with Crippen LogP contribution in [0.3, 0.4) is 0 Å². The van der Waals surface area contributed by atoms with E-state index >= 15 is 0 Å². The number of carboxylic acid groups (broad SMARTS) is 1. The first-order valence-corrected chi connectivity index (χ1v) is 5.30. The van der Waals surface area contributed by atoms with Gasteiger partial charge in [0.1, 0.15) is 0 Å². The van der Waals surface area contributed by atoms with E-state index in [2.05, 4.69) is 0 Å². The SMILES string of the molecule is NC(=O)CN1CCC(CCC(=O)O)CC1. The molecule has 1 rings (SSSR count). The molecule has 1 aliphatic rings. The zero-order valence-electron chi connectivity index (χ0n) is 8.82. The van der Waals surface area contributed by atoms with E-state index in [0.717, 1.165) is 32.4 Å². The molecule has 0 unspecified atom stereocenters. The standard InChI is InChI=1S/C10H18N2O3/c11-9(13)7-12-5-3-8(4-6-12)1-2-10(14)15/h8H,1-7H2,(H2,11,13)(H,14,15). The van der Waals surface area contributed by atoms with E-state index in [1.54, 1.807) is 0 Å². The summed E-state index contributed by atoms with van der Waals surface area (Å²) in [6.07, 6.45) is 2.95. The number of rotatable bonds is 5. The molecule has 0 bridgehead atoms. The lowest BCUT2D eigenvalue weighted by Crippen LogP contribution is -2.39. The average Bonchev–Trinajstić information content (AvgIpc) is 2.16. The van der Waals surface area contributed by atoms with Gasteiger partial charge in [-0.1, -0.05) is 0 Å². The Bertz CT molecular complexity index is 235. The highest BCUT2D eigenvalue weighted by atomic mass is 16.4. The van der Waals surface area contributed by atoms with E-state index in [9.17, 15) is 9.59 Å². The van der Waals surface area contributed by atoms with Crippen molar-refractivity contribution < 1.29 is 14.7 Å². The fourth-order valence-corrected chi connectivity index (χ4v) is 1.98. The molecule has 1 fully saturated rings. The van der Waals surface area contributed by atoms with Gasteiger partial charge in [-0.15, -0.1) is 0 Å². The number of amides is 1. The first-order chi connectivity index (χ1) is 7.08. The number of nitrogens with zero attached hydrogens (tertiary/aromatic N) is 1. The number of hydrogen-bond donors (Lipinski definition) is 2. The fraction of sp³-hybridized carbons (Fsp3) is 0.800. The Labute approximate surface area is 89.2 Å². The molecule has 1 heterocycles. The van der Waals surface area contributed by atoms with Crippen molar-refractivity contribution in [1.82, 2.24) is 4.90 Å². The van der Waals surface area contributed by atoms with Gasteiger partial charge in [-0.3, -0.25) is 14.5 Å². The maximum absolute atomic E-state index is 10.7. The van der Waals surface area contributed by atoms with Crippen molar-refractivity contribution in [2.45, 2.75) is 25.7 Å². The highest BCUT2D eigenvalue weighted by Gasteiger charge is 2.20. The van der Waals surface area contributed by atoms with Crippen molar-refractivity contribution in [2.24, 2.45) is 11.7 Å². The zero-order valence-corrected chi connectivity index (χ0v) is 8.82. The summed E-state index contributed by atoms with van der Waals surface area (Å²) in [5, 5.41) is 8.54. The normalized spacial score (nSPS) is 18.9. The number of piperidine rings is 1. The van der Waals surface area contributed by atoms with Crippen LogP contribution in [0.25, 0.3) is 0 Å². The maximum Gasteiger partial charge on any atom is 0.303 e. The molecule has 3 N–H and O–H groups in total. The number of carboxylic acids is 1. The number of carbonyl (C=O) groups is 2. The van der Waals surface area contributed by atoms with E-state index in [4.69, 9.17) is 10.8 Å². The lowest BCUT2D eigenvalue weighted by molar-refractivity contribution is -0.137. The van der Waals surface area contributed by atoms with Gasteiger partial charge < -0.3 is 10.8 Å². The topological polar surface area (TPSA) is 83.6 Å². The molecule has 5 nitrogen and oxygen atoms in total. The monoisotopic (exact) mass is 214 g/mol. The van der Waals surface area contributed by atoms with Crippen molar-refractivity contribution in [3.8, 4) is 0 Å². The van der Waals surface area contributed by atoms with Crippen molar-refractivity contribution in [3.05, 3.63) is 0 Å². The summed E-state index contributed by atoms with van der Waals surface area (Å²) >= 11 is 0. The molecule has 1 amide bonds. The molecule has 0 aromatic heterocycles. The van der Waals surface area contributed by atoms with Crippen molar-refractivity contribution in [3.63, 3.8) is 0 Å². The lowest BCUT2D eigenvalue weighted by atomic mass is 9.92. The first kappa shape index (κ1) is 12.0. The first-order valence-electron chi connectivity index (χ1n) is 5.30. The highest BCUT2D eigenvalue weighted by molar-refractivity contribution is 5.75. The molecule has 5 heteroatoms. The predicted molar refractivity (Wildman–Crippen MR) is 55.2 cm³/mol. The molecule has 0 aromatic rings. The summed E-state index contributed by atoms with van der Waals surface area (Å²) in [6, 6.07) is 0. The van der Waals surface area contributed by atoms with Crippen LogP contribution in [-0.2, 0) is 9.59 Å². The second-order valence-corrected chi connectivity index (χ2v) is 4.12. The van der Waals surface area contributed by atoms with E-state index in [1.165, 1.54) is 0 Å². The second kappa shape index (κ2) is 5.70. The van der Waals surface area contributed by atoms with Crippen LogP contribution < -0.4 is 5.73 Å². The Hall–Kier alpha value is -1.10. The van der Waals surface area contributed by atoms with E-state index < -0.39 is 5.97 Å². The summed E-state index contributed by atoms with van der Waals surface area (Å²) in [6.45, 7) is 2.03. The van der Waals surface area contributed by atoms with Gasteiger partial charge in [0.2, 0.25) is 5.91 Å². The van der Waals surface area contributed by atoms with Crippen LogP contribution in [0.5, 0.6) is 0 Å². The predicted octanol–water partition coefficient (Wildman–Crippen LogP) is 0.0485. The average molecular weight is 214 g/mol. The molecule has 1 saturated heterocycles. The molecule has 0 radical (unpaired) electrons. The third-order valence-corrected chi connectivity index (χ3v) is 2.85. The van der Waals surface area contributed by atoms with Crippen LogP contribution in [0.1, 0.15) is 25.7 Å². The van der Waals surface area contributed by atoms with Gasteiger partial charge in [0, 0.05) is 6.42 Å². The molecule has 86 valence electrons. The molecular weight excluding hydrogens is 196 g/mol. The summed E-state index contributed by atoms with van der Waals surface area (Å²) in [5.41, 5.74) is 5.10. The van der Waals surface area contributed by atoms with Gasteiger partial charge in [-0.2, -0.15) is 0 Å². The summed E-state index contributed by atoms with van der Waals surface area (Å²) in [4.78, 5) is 23.1. The Kier molecular flexibility index (Phi) is 4.55.